The second kappa shape index (κ2) is 3.12. The predicted molar refractivity (Wildman–Crippen MR) is 59.5 cm³/mol. The molecule has 0 bridgehead atoms. The Kier molecular flexibility index (Phi) is 1.78. The smallest absolute Gasteiger partial charge is 0.0619 e. The van der Waals surface area contributed by atoms with E-state index in [0.29, 0.717) is 0 Å². The Labute approximate surface area is 87.4 Å². The molecule has 3 heteroatoms. The van der Waals surface area contributed by atoms with Gasteiger partial charge in [-0.15, -0.1) is 0 Å². The molecule has 0 saturated carbocycles. The summed E-state index contributed by atoms with van der Waals surface area (Å²) in [5, 5.41) is 13.4. The molecule has 1 aliphatic rings. The number of hydrogen-bond donors (Lipinski definition) is 2. The molecule has 0 fully saturated rings. The molecule has 1 heterocycles. The number of nitrogens with one attached hydrogen (secondary N) is 1. The van der Waals surface area contributed by atoms with Crippen LogP contribution in [0.3, 0.4) is 0 Å². The number of oxime groups is 1. The van der Waals surface area contributed by atoms with Crippen LogP contribution >= 0.6 is 0 Å². The number of aryl methyl sites for hydroxylation is 1. The molecule has 3 rings (SSSR count). The minimum Gasteiger partial charge on any atom is -0.411 e. The van der Waals surface area contributed by atoms with Gasteiger partial charge in [-0.1, -0.05) is 23.4 Å². The van der Waals surface area contributed by atoms with E-state index in [-0.39, 0.29) is 0 Å². The van der Waals surface area contributed by atoms with Crippen LogP contribution in [0.5, 0.6) is 0 Å². The number of aromatic amines is 1. The molecule has 0 saturated heterocycles. The van der Waals surface area contributed by atoms with Crippen molar-refractivity contribution in [3.8, 4) is 0 Å². The van der Waals surface area contributed by atoms with Crippen molar-refractivity contribution in [2.45, 2.75) is 19.3 Å². The summed E-state index contributed by atoms with van der Waals surface area (Å²) in [4.78, 5) is 3.42. The number of aromatic nitrogens is 1. The highest BCUT2D eigenvalue weighted by molar-refractivity contribution is 5.95. The van der Waals surface area contributed by atoms with Crippen molar-refractivity contribution < 1.29 is 5.21 Å². The Balaban J connectivity index is 2.22. The summed E-state index contributed by atoms with van der Waals surface area (Å²) < 4.78 is 0. The lowest BCUT2D eigenvalue weighted by Gasteiger charge is -2.12. The summed E-state index contributed by atoms with van der Waals surface area (Å²) in [6.07, 6.45) is 2.58. The SMILES string of the molecule is ON=C1CCc2[nH]c3ccccc3c2C1. The monoisotopic (exact) mass is 200 g/mol. The van der Waals surface area contributed by atoms with E-state index in [1.807, 2.05) is 12.1 Å². The third-order valence-corrected chi connectivity index (χ3v) is 3.09. The number of fused-ring (bicyclic) bond motifs is 3. The van der Waals surface area contributed by atoms with Crippen molar-refractivity contribution in [2.24, 2.45) is 5.16 Å². The van der Waals surface area contributed by atoms with Gasteiger partial charge in [0.05, 0.1) is 5.71 Å². The standard InChI is InChI=1S/C12H12N2O/c15-14-8-5-6-12-10(7-8)9-3-1-2-4-11(9)13-12/h1-4,13,15H,5-7H2. The molecule has 0 aliphatic heterocycles. The van der Waals surface area contributed by atoms with E-state index in [0.717, 1.165) is 25.0 Å². The quantitative estimate of drug-likeness (QED) is 0.498. The van der Waals surface area contributed by atoms with Crippen molar-refractivity contribution in [2.75, 3.05) is 0 Å². The maximum Gasteiger partial charge on any atom is 0.0619 e. The van der Waals surface area contributed by atoms with Gasteiger partial charge in [0.1, 0.15) is 0 Å². The van der Waals surface area contributed by atoms with E-state index in [9.17, 15) is 0 Å². The van der Waals surface area contributed by atoms with Crippen molar-refractivity contribution >= 4 is 16.6 Å². The summed E-state index contributed by atoms with van der Waals surface area (Å²) >= 11 is 0. The summed E-state index contributed by atoms with van der Waals surface area (Å²) in [6, 6.07) is 8.28. The lowest BCUT2D eigenvalue weighted by atomic mass is 9.94. The van der Waals surface area contributed by atoms with E-state index in [4.69, 9.17) is 5.21 Å². The van der Waals surface area contributed by atoms with Gasteiger partial charge in [0.25, 0.3) is 0 Å². The lowest BCUT2D eigenvalue weighted by molar-refractivity contribution is 0.316. The second-order valence-electron chi connectivity index (χ2n) is 3.97. The summed E-state index contributed by atoms with van der Waals surface area (Å²) in [7, 11) is 0. The van der Waals surface area contributed by atoms with Gasteiger partial charge < -0.3 is 10.2 Å². The van der Waals surface area contributed by atoms with Crippen molar-refractivity contribution in [3.05, 3.63) is 35.5 Å². The summed E-state index contributed by atoms with van der Waals surface area (Å²) in [5.74, 6) is 0. The van der Waals surface area contributed by atoms with Gasteiger partial charge in [-0.05, 0) is 24.5 Å². The molecule has 1 aromatic carbocycles. The summed E-state index contributed by atoms with van der Waals surface area (Å²) in [5.41, 5.74) is 4.65. The Morgan fingerprint density at radius 3 is 2.93 bits per heavy atom. The third-order valence-electron chi connectivity index (χ3n) is 3.09. The number of hydrogen-bond acceptors (Lipinski definition) is 2. The number of rotatable bonds is 0. The largest absolute Gasteiger partial charge is 0.411 e. The fourth-order valence-corrected chi connectivity index (χ4v) is 2.32. The van der Waals surface area contributed by atoms with Gasteiger partial charge in [-0.25, -0.2) is 0 Å². The van der Waals surface area contributed by atoms with Crippen molar-refractivity contribution in [1.29, 1.82) is 0 Å². The highest BCUT2D eigenvalue weighted by Gasteiger charge is 2.18. The molecule has 0 unspecified atom stereocenters. The molecule has 2 aromatic rings. The number of H-pyrrole nitrogens is 1. The molecule has 0 spiro atoms. The number of benzene rings is 1. The molecule has 15 heavy (non-hydrogen) atoms. The topological polar surface area (TPSA) is 48.4 Å². The Bertz CT molecular complexity index is 540. The van der Waals surface area contributed by atoms with Crippen LogP contribution in [0.25, 0.3) is 10.9 Å². The van der Waals surface area contributed by atoms with Crippen LogP contribution in [0.15, 0.2) is 29.4 Å². The minimum absolute atomic E-state index is 0.774. The van der Waals surface area contributed by atoms with E-state index < -0.39 is 0 Å². The fraction of sp³-hybridized carbons (Fsp3) is 0.250. The molecule has 0 radical (unpaired) electrons. The highest BCUT2D eigenvalue weighted by Crippen LogP contribution is 2.27. The maximum atomic E-state index is 8.80. The minimum atomic E-state index is 0.774. The zero-order chi connectivity index (χ0) is 10.3. The van der Waals surface area contributed by atoms with E-state index in [1.54, 1.807) is 0 Å². The molecule has 0 atom stereocenters. The summed E-state index contributed by atoms with van der Waals surface area (Å²) in [6.45, 7) is 0. The average molecular weight is 200 g/mol. The molecule has 1 aliphatic carbocycles. The van der Waals surface area contributed by atoms with Gasteiger partial charge in [0, 0.05) is 23.0 Å². The van der Waals surface area contributed by atoms with Gasteiger partial charge in [0.15, 0.2) is 0 Å². The zero-order valence-corrected chi connectivity index (χ0v) is 8.33. The van der Waals surface area contributed by atoms with Crippen LogP contribution in [0, 0.1) is 0 Å². The molecular formula is C12H12N2O. The first-order valence-electron chi connectivity index (χ1n) is 5.17. The predicted octanol–water partition coefficient (Wildman–Crippen LogP) is 2.49. The molecular weight excluding hydrogens is 188 g/mol. The molecule has 3 nitrogen and oxygen atoms in total. The molecule has 2 N–H and O–H groups in total. The first-order chi connectivity index (χ1) is 7.38. The average Bonchev–Trinajstić information content (AvgIpc) is 2.66. The van der Waals surface area contributed by atoms with Crippen molar-refractivity contribution in [3.63, 3.8) is 0 Å². The molecule has 0 amide bonds. The maximum absolute atomic E-state index is 8.80. The lowest BCUT2D eigenvalue weighted by Crippen LogP contribution is -2.12. The first kappa shape index (κ1) is 8.53. The first-order valence-corrected chi connectivity index (χ1v) is 5.17. The molecule has 76 valence electrons. The van der Waals surface area contributed by atoms with Crippen LogP contribution in [0.4, 0.5) is 0 Å². The van der Waals surface area contributed by atoms with E-state index >= 15 is 0 Å². The Morgan fingerprint density at radius 1 is 1.20 bits per heavy atom. The van der Waals surface area contributed by atoms with E-state index in [2.05, 4.69) is 22.3 Å². The van der Waals surface area contributed by atoms with Crippen LogP contribution in [0.1, 0.15) is 17.7 Å². The van der Waals surface area contributed by atoms with Crippen LogP contribution in [-0.2, 0) is 12.8 Å². The molecule has 1 aromatic heterocycles. The van der Waals surface area contributed by atoms with Crippen LogP contribution < -0.4 is 0 Å². The normalized spacial score (nSPS) is 18.3. The zero-order valence-electron chi connectivity index (χ0n) is 8.33. The third kappa shape index (κ3) is 1.23. The van der Waals surface area contributed by atoms with Gasteiger partial charge in [0.2, 0.25) is 0 Å². The van der Waals surface area contributed by atoms with Crippen LogP contribution in [0.2, 0.25) is 0 Å². The Morgan fingerprint density at radius 2 is 2.07 bits per heavy atom. The van der Waals surface area contributed by atoms with Crippen LogP contribution in [-0.4, -0.2) is 15.9 Å². The number of nitrogens with zero attached hydrogens (tertiary/aromatic N) is 1. The number of para-hydroxylation sites is 1. The van der Waals surface area contributed by atoms with Gasteiger partial charge in [-0.3, -0.25) is 0 Å². The second-order valence-corrected chi connectivity index (χ2v) is 3.97. The van der Waals surface area contributed by atoms with Gasteiger partial charge in [-0.2, -0.15) is 0 Å². The Hall–Kier alpha value is -1.77. The van der Waals surface area contributed by atoms with E-state index in [1.165, 1.54) is 22.2 Å². The highest BCUT2D eigenvalue weighted by atomic mass is 16.4. The fourth-order valence-electron chi connectivity index (χ4n) is 2.32. The van der Waals surface area contributed by atoms with Gasteiger partial charge >= 0.3 is 0 Å². The van der Waals surface area contributed by atoms with Crippen molar-refractivity contribution in [1.82, 2.24) is 4.98 Å².